The van der Waals surface area contributed by atoms with Crippen molar-refractivity contribution in [1.82, 2.24) is 4.98 Å². The first-order chi connectivity index (χ1) is 7.85. The second-order valence-corrected chi connectivity index (χ2v) is 4.13. The number of ether oxygens (including phenoxy) is 1. The molecule has 0 atom stereocenters. The molecule has 0 radical (unpaired) electrons. The fourth-order valence-corrected chi connectivity index (χ4v) is 2.16. The van der Waals surface area contributed by atoms with E-state index in [4.69, 9.17) is 4.74 Å². The molecule has 2 rings (SSSR count). The van der Waals surface area contributed by atoms with Gasteiger partial charge in [-0.2, -0.15) is 0 Å². The third-order valence-corrected chi connectivity index (χ3v) is 3.13. The summed E-state index contributed by atoms with van der Waals surface area (Å²) in [7, 11) is 1.68. The maximum absolute atomic E-state index is 5.21. The molecule has 0 aliphatic heterocycles. The quantitative estimate of drug-likeness (QED) is 0.755. The van der Waals surface area contributed by atoms with Crippen LogP contribution in [0.25, 0.3) is 11.3 Å². The highest BCUT2D eigenvalue weighted by Gasteiger charge is 2.06. The lowest BCUT2D eigenvalue weighted by Crippen LogP contribution is -1.88. The Morgan fingerprint density at radius 3 is 2.69 bits per heavy atom. The van der Waals surface area contributed by atoms with Gasteiger partial charge in [0, 0.05) is 16.7 Å². The minimum atomic E-state index is 0.879. The van der Waals surface area contributed by atoms with Gasteiger partial charge >= 0.3 is 0 Å². The first-order valence-corrected chi connectivity index (χ1v) is 6.21. The lowest BCUT2D eigenvalue weighted by Gasteiger charge is -2.08. The second-order valence-electron chi connectivity index (χ2n) is 3.28. The summed E-state index contributed by atoms with van der Waals surface area (Å²) in [6.45, 7) is 0. The maximum atomic E-state index is 5.21. The summed E-state index contributed by atoms with van der Waals surface area (Å²) in [5.74, 6) is 0.879. The van der Waals surface area contributed by atoms with E-state index in [1.54, 1.807) is 18.9 Å². The maximum Gasteiger partial charge on any atom is 0.120 e. The van der Waals surface area contributed by atoms with Crippen LogP contribution in [0.1, 0.15) is 0 Å². The van der Waals surface area contributed by atoms with Crippen molar-refractivity contribution < 1.29 is 4.74 Å². The van der Waals surface area contributed by atoms with E-state index < -0.39 is 0 Å². The number of hydrogen-bond donors (Lipinski definition) is 0. The van der Waals surface area contributed by atoms with E-state index in [9.17, 15) is 0 Å². The largest absolute Gasteiger partial charge is 0.497 e. The Morgan fingerprint density at radius 1 is 1.19 bits per heavy atom. The zero-order valence-electron chi connectivity index (χ0n) is 9.31. The van der Waals surface area contributed by atoms with Crippen LogP contribution in [0.3, 0.4) is 0 Å². The molecule has 3 heteroatoms. The van der Waals surface area contributed by atoms with Gasteiger partial charge in [-0.15, -0.1) is 11.8 Å². The topological polar surface area (TPSA) is 22.1 Å². The van der Waals surface area contributed by atoms with E-state index >= 15 is 0 Å². The summed E-state index contributed by atoms with van der Waals surface area (Å²) >= 11 is 1.70. The van der Waals surface area contributed by atoms with Crippen molar-refractivity contribution in [3.8, 4) is 17.0 Å². The normalized spacial score (nSPS) is 10.1. The van der Waals surface area contributed by atoms with Gasteiger partial charge in [0.15, 0.2) is 0 Å². The third-order valence-electron chi connectivity index (χ3n) is 2.35. The van der Waals surface area contributed by atoms with Crippen LogP contribution in [0.5, 0.6) is 5.75 Å². The molecule has 1 aromatic heterocycles. The SMILES string of the molecule is COc1ccc(-c2ccccn2)c(SC)c1. The van der Waals surface area contributed by atoms with E-state index in [0.717, 1.165) is 17.0 Å². The zero-order chi connectivity index (χ0) is 11.4. The molecule has 0 unspecified atom stereocenters. The summed E-state index contributed by atoms with van der Waals surface area (Å²) in [6, 6.07) is 12.0. The fraction of sp³-hybridized carbons (Fsp3) is 0.154. The molecule has 0 bridgehead atoms. The lowest BCUT2D eigenvalue weighted by molar-refractivity contribution is 0.414. The second kappa shape index (κ2) is 5.03. The van der Waals surface area contributed by atoms with Gasteiger partial charge in [-0.25, -0.2) is 0 Å². The van der Waals surface area contributed by atoms with E-state index in [0.29, 0.717) is 0 Å². The van der Waals surface area contributed by atoms with Crippen LogP contribution in [0.4, 0.5) is 0 Å². The Balaban J connectivity index is 2.49. The number of benzene rings is 1. The molecule has 0 aliphatic carbocycles. The highest BCUT2D eigenvalue weighted by Crippen LogP contribution is 2.31. The number of aromatic nitrogens is 1. The van der Waals surface area contributed by atoms with Crippen molar-refractivity contribution >= 4 is 11.8 Å². The molecule has 2 nitrogen and oxygen atoms in total. The number of methoxy groups -OCH3 is 1. The molecular formula is C13H13NOS. The Kier molecular flexibility index (Phi) is 3.47. The van der Waals surface area contributed by atoms with E-state index in [1.807, 2.05) is 42.6 Å². The van der Waals surface area contributed by atoms with Crippen LogP contribution in [-0.2, 0) is 0 Å². The van der Waals surface area contributed by atoms with Crippen molar-refractivity contribution in [3.63, 3.8) is 0 Å². The molecule has 0 amide bonds. The summed E-state index contributed by atoms with van der Waals surface area (Å²) in [5.41, 5.74) is 2.14. The summed E-state index contributed by atoms with van der Waals surface area (Å²) in [6.07, 6.45) is 3.87. The summed E-state index contributed by atoms with van der Waals surface area (Å²) in [5, 5.41) is 0. The lowest BCUT2D eigenvalue weighted by atomic mass is 10.1. The molecular weight excluding hydrogens is 218 g/mol. The minimum Gasteiger partial charge on any atom is -0.497 e. The molecule has 0 N–H and O–H groups in total. The van der Waals surface area contributed by atoms with E-state index in [1.165, 1.54) is 4.90 Å². The van der Waals surface area contributed by atoms with Crippen molar-refractivity contribution in [2.24, 2.45) is 0 Å². The third kappa shape index (κ3) is 2.19. The Bertz CT molecular complexity index is 471. The first kappa shape index (κ1) is 11.0. The average molecular weight is 231 g/mol. The van der Waals surface area contributed by atoms with Gasteiger partial charge in [0.05, 0.1) is 12.8 Å². The predicted molar refractivity (Wildman–Crippen MR) is 68.0 cm³/mol. The monoisotopic (exact) mass is 231 g/mol. The van der Waals surface area contributed by atoms with Crippen molar-refractivity contribution in [3.05, 3.63) is 42.6 Å². The van der Waals surface area contributed by atoms with Gasteiger partial charge < -0.3 is 4.74 Å². The number of hydrogen-bond acceptors (Lipinski definition) is 3. The van der Waals surface area contributed by atoms with Crippen LogP contribution in [0.2, 0.25) is 0 Å². The van der Waals surface area contributed by atoms with Gasteiger partial charge in [0.1, 0.15) is 5.75 Å². The predicted octanol–water partition coefficient (Wildman–Crippen LogP) is 3.48. The number of rotatable bonds is 3. The molecule has 16 heavy (non-hydrogen) atoms. The Hall–Kier alpha value is -1.48. The molecule has 0 saturated heterocycles. The highest BCUT2D eigenvalue weighted by molar-refractivity contribution is 7.98. The first-order valence-electron chi connectivity index (χ1n) is 4.98. The molecule has 0 fully saturated rings. The van der Waals surface area contributed by atoms with E-state index in [-0.39, 0.29) is 0 Å². The molecule has 82 valence electrons. The summed E-state index contributed by atoms with van der Waals surface area (Å²) < 4.78 is 5.21. The number of pyridine rings is 1. The molecule has 0 spiro atoms. The van der Waals surface area contributed by atoms with Crippen LogP contribution in [0, 0.1) is 0 Å². The van der Waals surface area contributed by atoms with Gasteiger partial charge in [-0.3, -0.25) is 4.98 Å². The Morgan fingerprint density at radius 2 is 2.06 bits per heavy atom. The average Bonchev–Trinajstić information content (AvgIpc) is 2.39. The van der Waals surface area contributed by atoms with Crippen LogP contribution in [-0.4, -0.2) is 18.3 Å². The van der Waals surface area contributed by atoms with Crippen LogP contribution in [0.15, 0.2) is 47.5 Å². The Labute approximate surface area is 99.7 Å². The summed E-state index contributed by atoms with van der Waals surface area (Å²) in [4.78, 5) is 5.54. The van der Waals surface area contributed by atoms with Crippen LogP contribution < -0.4 is 4.74 Å². The molecule has 1 aromatic carbocycles. The van der Waals surface area contributed by atoms with Crippen molar-refractivity contribution in [2.45, 2.75) is 4.90 Å². The van der Waals surface area contributed by atoms with Crippen LogP contribution >= 0.6 is 11.8 Å². The highest BCUT2D eigenvalue weighted by atomic mass is 32.2. The standard InChI is InChI=1S/C13H13NOS/c1-15-10-6-7-11(13(9-10)16-2)12-5-3-4-8-14-12/h3-9H,1-2H3. The molecule has 2 aromatic rings. The van der Waals surface area contributed by atoms with Gasteiger partial charge in [0.2, 0.25) is 0 Å². The number of thioether (sulfide) groups is 1. The molecule has 0 saturated carbocycles. The van der Waals surface area contributed by atoms with Crippen molar-refractivity contribution in [1.29, 1.82) is 0 Å². The minimum absolute atomic E-state index is 0.879. The van der Waals surface area contributed by atoms with E-state index in [2.05, 4.69) is 11.2 Å². The molecule has 0 aliphatic rings. The smallest absolute Gasteiger partial charge is 0.120 e. The van der Waals surface area contributed by atoms with Gasteiger partial charge in [-0.05, 0) is 36.6 Å². The molecule has 1 heterocycles. The van der Waals surface area contributed by atoms with Crippen molar-refractivity contribution in [2.75, 3.05) is 13.4 Å². The fourth-order valence-electron chi connectivity index (χ4n) is 1.53. The number of nitrogens with zero attached hydrogens (tertiary/aromatic N) is 1. The van der Waals surface area contributed by atoms with Gasteiger partial charge in [0.25, 0.3) is 0 Å². The zero-order valence-corrected chi connectivity index (χ0v) is 10.1. The van der Waals surface area contributed by atoms with Gasteiger partial charge in [-0.1, -0.05) is 6.07 Å².